The van der Waals surface area contributed by atoms with Gasteiger partial charge in [0.2, 0.25) is 11.9 Å². The number of esters is 2. The summed E-state index contributed by atoms with van der Waals surface area (Å²) < 4.78 is 21.0. The van der Waals surface area contributed by atoms with E-state index in [2.05, 4.69) is 20.8 Å². The van der Waals surface area contributed by atoms with Crippen LogP contribution >= 0.6 is 0 Å². The van der Waals surface area contributed by atoms with Crippen molar-refractivity contribution in [2.24, 2.45) is 5.92 Å². The lowest BCUT2D eigenvalue weighted by atomic mass is 9.85. The molecule has 1 spiro atoms. The van der Waals surface area contributed by atoms with Gasteiger partial charge in [-0.15, -0.1) is 0 Å². The third-order valence-corrected chi connectivity index (χ3v) is 12.7. The average Bonchev–Trinajstić information content (AvgIpc) is 3.81. The second kappa shape index (κ2) is 22.2. The van der Waals surface area contributed by atoms with Gasteiger partial charge in [-0.25, -0.2) is 14.6 Å². The Labute approximate surface area is 331 Å². The van der Waals surface area contributed by atoms with Gasteiger partial charge in [0, 0.05) is 32.1 Å². The molecule has 0 amide bonds. The molecule has 2 aromatic carbocycles. The normalized spacial score (nSPS) is 23.7. The molecule has 1 saturated carbocycles. The van der Waals surface area contributed by atoms with Crippen molar-refractivity contribution in [3.63, 3.8) is 0 Å². The maximum absolute atomic E-state index is 15.1. The molecule has 1 aliphatic carbocycles. The summed E-state index contributed by atoms with van der Waals surface area (Å²) >= 11 is 0. The molecule has 3 fully saturated rings. The lowest BCUT2D eigenvalue weighted by molar-refractivity contribution is -0.967. The molecule has 3 aliphatic rings. The average molecular weight is 765 g/mol. The number of rotatable bonds is 25. The van der Waals surface area contributed by atoms with Crippen LogP contribution in [-0.2, 0) is 44.2 Å². The van der Waals surface area contributed by atoms with Gasteiger partial charge in [-0.3, -0.25) is 4.79 Å². The number of carbonyl (C=O) groups is 2. The van der Waals surface area contributed by atoms with E-state index in [1.165, 1.54) is 90.8 Å². The molecule has 0 aromatic heterocycles. The number of ether oxygens (including phenoxy) is 3. The minimum Gasteiger partial charge on any atom is -0.459 e. The van der Waals surface area contributed by atoms with Crippen LogP contribution in [0, 0.1) is 5.92 Å². The second-order valence-electron chi connectivity index (χ2n) is 16.5. The summed E-state index contributed by atoms with van der Waals surface area (Å²) in [4.78, 5) is 38.8. The molecule has 306 valence electrons. The molecular formula is C46H70NO8+. The van der Waals surface area contributed by atoms with Crippen LogP contribution in [-0.4, -0.2) is 67.2 Å². The highest BCUT2D eigenvalue weighted by Gasteiger charge is 2.56. The molecule has 6 atom stereocenters. The number of quaternary nitrogens is 1. The van der Waals surface area contributed by atoms with Crippen molar-refractivity contribution in [1.82, 2.24) is 0 Å². The van der Waals surface area contributed by atoms with Crippen LogP contribution in [0.1, 0.15) is 154 Å². The van der Waals surface area contributed by atoms with Gasteiger partial charge in [0.1, 0.15) is 12.2 Å². The van der Waals surface area contributed by atoms with Crippen LogP contribution < -0.4 is 0 Å². The largest absolute Gasteiger partial charge is 0.459 e. The molecular weight excluding hydrogens is 695 g/mol. The van der Waals surface area contributed by atoms with E-state index in [4.69, 9.17) is 29.0 Å². The number of piperidine rings is 1. The lowest BCUT2D eigenvalue weighted by Gasteiger charge is -2.51. The predicted octanol–water partition coefficient (Wildman–Crippen LogP) is 10.3. The molecule has 5 rings (SSSR count). The summed E-state index contributed by atoms with van der Waals surface area (Å²) in [6, 6.07) is 19.8. The summed E-state index contributed by atoms with van der Waals surface area (Å²) in [5.41, 5.74) is -0.488. The SMILES string of the molecule is CCCCCCCCCCCCCCC(=O)OC(OC(C(=O)OC1CC(C)[N+]2(CCCC2)C(CC)C1)(c1ccccc1)c1ccccc1)C1CC1OOOC. The Balaban J connectivity index is 1.30. The molecule has 2 aliphatic heterocycles. The van der Waals surface area contributed by atoms with E-state index in [1.54, 1.807) is 0 Å². The van der Waals surface area contributed by atoms with Crippen molar-refractivity contribution in [2.45, 2.75) is 179 Å². The first-order valence-corrected chi connectivity index (χ1v) is 21.8. The zero-order valence-corrected chi connectivity index (χ0v) is 34.3. The van der Waals surface area contributed by atoms with E-state index in [1.807, 2.05) is 60.7 Å². The van der Waals surface area contributed by atoms with Crippen molar-refractivity contribution in [3.8, 4) is 0 Å². The minimum atomic E-state index is -1.71. The number of hydrogen-bond donors (Lipinski definition) is 0. The third kappa shape index (κ3) is 11.6. The fraction of sp³-hybridized carbons (Fsp3) is 0.696. The van der Waals surface area contributed by atoms with Gasteiger partial charge in [-0.1, -0.05) is 150 Å². The first kappa shape index (κ1) is 43.3. The first-order valence-electron chi connectivity index (χ1n) is 21.8. The van der Waals surface area contributed by atoms with E-state index in [0.717, 1.165) is 43.0 Å². The van der Waals surface area contributed by atoms with Gasteiger partial charge in [-0.05, 0) is 37.3 Å². The van der Waals surface area contributed by atoms with Gasteiger partial charge >= 0.3 is 11.9 Å². The van der Waals surface area contributed by atoms with Gasteiger partial charge < -0.3 is 18.7 Å². The summed E-state index contributed by atoms with van der Waals surface area (Å²) in [5.74, 6) is -1.23. The van der Waals surface area contributed by atoms with Crippen molar-refractivity contribution >= 4 is 11.9 Å². The predicted molar refractivity (Wildman–Crippen MR) is 213 cm³/mol. The Morgan fingerprint density at radius 3 is 1.87 bits per heavy atom. The quantitative estimate of drug-likeness (QED) is 0.0247. The van der Waals surface area contributed by atoms with E-state index in [0.29, 0.717) is 29.6 Å². The number of unbranched alkanes of at least 4 members (excludes halogenated alkanes) is 11. The summed E-state index contributed by atoms with van der Waals surface area (Å²) in [5, 5.41) is 4.82. The standard InChI is InChI=1S/C46H70NO8/c1-5-7-8-9-10-11-12-13-14-15-16-23-30-43(48)52-44(41-35-42(41)54-55-50-4)53-46(37-26-19-17-20-27-37,38-28-21-18-22-29-38)45(49)51-40-33-36(3)47(31-24-25-32-47)39(6-2)34-40/h17-22,26-29,36,39-42,44H,5-16,23-25,30-35H2,1-4H3/q+1. The molecule has 0 bridgehead atoms. The van der Waals surface area contributed by atoms with Crippen LogP contribution in [0.25, 0.3) is 0 Å². The summed E-state index contributed by atoms with van der Waals surface area (Å²) in [6.07, 6.45) is 18.7. The molecule has 55 heavy (non-hydrogen) atoms. The number of carbonyl (C=O) groups excluding carboxylic acids is 2. The lowest BCUT2D eigenvalue weighted by Crippen LogP contribution is -2.63. The van der Waals surface area contributed by atoms with Crippen LogP contribution in [0.5, 0.6) is 0 Å². The maximum Gasteiger partial charge on any atom is 0.348 e. The van der Waals surface area contributed by atoms with E-state index >= 15 is 4.79 Å². The van der Waals surface area contributed by atoms with Gasteiger partial charge in [0.25, 0.3) is 0 Å². The molecule has 0 N–H and O–H groups in total. The van der Waals surface area contributed by atoms with Gasteiger partial charge in [-0.2, -0.15) is 0 Å². The van der Waals surface area contributed by atoms with Crippen molar-refractivity contribution in [3.05, 3.63) is 71.8 Å². The van der Waals surface area contributed by atoms with Crippen molar-refractivity contribution in [2.75, 3.05) is 20.2 Å². The number of hydrogen-bond acceptors (Lipinski definition) is 8. The topological polar surface area (TPSA) is 89.5 Å². The van der Waals surface area contributed by atoms with E-state index in [-0.39, 0.29) is 24.4 Å². The van der Waals surface area contributed by atoms with Crippen molar-refractivity contribution < 1.29 is 43.1 Å². The Hall–Kier alpha value is -2.82. The zero-order valence-electron chi connectivity index (χ0n) is 34.3. The van der Waals surface area contributed by atoms with Gasteiger partial charge in [0.05, 0.1) is 38.2 Å². The van der Waals surface area contributed by atoms with Gasteiger partial charge in [0.15, 0.2) is 0 Å². The van der Waals surface area contributed by atoms with Crippen LogP contribution in [0.3, 0.4) is 0 Å². The third-order valence-electron chi connectivity index (χ3n) is 12.7. The highest BCUT2D eigenvalue weighted by atomic mass is 17.5. The molecule has 6 unspecified atom stereocenters. The van der Waals surface area contributed by atoms with E-state index in [9.17, 15) is 4.79 Å². The van der Waals surface area contributed by atoms with Crippen LogP contribution in [0.2, 0.25) is 0 Å². The highest BCUT2D eigenvalue weighted by Crippen LogP contribution is 2.46. The first-order chi connectivity index (χ1) is 26.9. The second-order valence-corrected chi connectivity index (χ2v) is 16.5. The monoisotopic (exact) mass is 765 g/mol. The Kier molecular flexibility index (Phi) is 17.5. The molecule has 9 nitrogen and oxygen atoms in total. The molecule has 9 heteroatoms. The number of benzene rings is 2. The maximum atomic E-state index is 15.1. The zero-order chi connectivity index (χ0) is 38.9. The molecule has 2 heterocycles. The Bertz CT molecular complexity index is 1360. The fourth-order valence-corrected chi connectivity index (χ4v) is 9.43. The van der Waals surface area contributed by atoms with Crippen LogP contribution in [0.4, 0.5) is 0 Å². The summed E-state index contributed by atoms with van der Waals surface area (Å²) in [6.45, 7) is 9.25. The smallest absolute Gasteiger partial charge is 0.348 e. The molecule has 2 saturated heterocycles. The highest BCUT2D eigenvalue weighted by molar-refractivity contribution is 5.86. The van der Waals surface area contributed by atoms with Crippen LogP contribution in [0.15, 0.2) is 60.7 Å². The Morgan fingerprint density at radius 1 is 0.764 bits per heavy atom. The van der Waals surface area contributed by atoms with E-state index < -0.39 is 24.0 Å². The Morgan fingerprint density at radius 2 is 1.33 bits per heavy atom. The van der Waals surface area contributed by atoms with Crippen molar-refractivity contribution in [1.29, 1.82) is 0 Å². The molecule has 0 radical (unpaired) electrons. The number of nitrogens with zero attached hydrogens (tertiary/aromatic N) is 1. The summed E-state index contributed by atoms with van der Waals surface area (Å²) in [7, 11) is 1.37. The molecule has 2 aromatic rings. The minimum absolute atomic E-state index is 0.258. The fourth-order valence-electron chi connectivity index (χ4n) is 9.43.